The molecule has 100 valence electrons. The van der Waals surface area contributed by atoms with Gasteiger partial charge in [-0.15, -0.1) is 0 Å². The summed E-state index contributed by atoms with van der Waals surface area (Å²) in [6.07, 6.45) is 1.67. The molecular formula is C14H14O4S. The molecule has 0 bridgehead atoms. The Labute approximate surface area is 112 Å². The number of carbonyl (C=O) groups excluding carboxylic acids is 1. The molecule has 0 radical (unpaired) electrons. The molecule has 0 amide bonds. The zero-order valence-electron chi connectivity index (χ0n) is 10.3. The highest BCUT2D eigenvalue weighted by Crippen LogP contribution is 2.39. The summed E-state index contributed by atoms with van der Waals surface area (Å²) in [6.45, 7) is 0. The largest absolute Gasteiger partial charge is 0.386 e. The summed E-state index contributed by atoms with van der Waals surface area (Å²) in [4.78, 5) is 12.1. The summed E-state index contributed by atoms with van der Waals surface area (Å²) in [5.74, 6) is -0.161. The van der Waals surface area contributed by atoms with Crippen LogP contribution in [0.25, 0.3) is 0 Å². The molecule has 0 aromatic heterocycles. The third-order valence-corrected chi connectivity index (χ3v) is 4.75. The van der Waals surface area contributed by atoms with Gasteiger partial charge in [-0.1, -0.05) is 30.3 Å². The molecule has 0 saturated heterocycles. The van der Waals surface area contributed by atoms with E-state index in [0.29, 0.717) is 30.6 Å². The van der Waals surface area contributed by atoms with Crippen molar-refractivity contribution in [2.45, 2.75) is 25.2 Å². The standard InChI is InChI=1S/C14H14O4S/c15-12-7-4-8-13-14(12)11(9-19(16,17)18-13)10-5-2-1-3-6-10/h1-3,5-6,11H,4,7-9H2. The first-order chi connectivity index (χ1) is 9.07. The lowest BCUT2D eigenvalue weighted by molar-refractivity contribution is -0.116. The summed E-state index contributed by atoms with van der Waals surface area (Å²) >= 11 is 0. The van der Waals surface area contributed by atoms with Crippen molar-refractivity contribution in [1.82, 2.24) is 0 Å². The molecule has 0 N–H and O–H groups in total. The van der Waals surface area contributed by atoms with Crippen molar-refractivity contribution < 1.29 is 17.4 Å². The van der Waals surface area contributed by atoms with E-state index in [-0.39, 0.29) is 17.5 Å². The molecule has 1 aromatic rings. The third kappa shape index (κ3) is 2.30. The Morgan fingerprint density at radius 3 is 2.58 bits per heavy atom. The van der Waals surface area contributed by atoms with Gasteiger partial charge >= 0.3 is 10.1 Å². The van der Waals surface area contributed by atoms with Crippen LogP contribution >= 0.6 is 0 Å². The summed E-state index contributed by atoms with van der Waals surface area (Å²) in [7, 11) is -3.58. The molecule has 1 unspecified atom stereocenters. The van der Waals surface area contributed by atoms with Crippen LogP contribution in [0.15, 0.2) is 41.7 Å². The number of ketones is 1. The van der Waals surface area contributed by atoms with Gasteiger partial charge in [0.1, 0.15) is 5.76 Å². The zero-order valence-corrected chi connectivity index (χ0v) is 11.2. The highest BCUT2D eigenvalue weighted by Gasteiger charge is 2.39. The number of hydrogen-bond acceptors (Lipinski definition) is 4. The van der Waals surface area contributed by atoms with E-state index in [9.17, 15) is 13.2 Å². The maximum Gasteiger partial charge on any atom is 0.309 e. The summed E-state index contributed by atoms with van der Waals surface area (Å²) in [5, 5.41) is 0. The van der Waals surface area contributed by atoms with Gasteiger partial charge in [-0.2, -0.15) is 8.42 Å². The van der Waals surface area contributed by atoms with Crippen molar-refractivity contribution in [1.29, 1.82) is 0 Å². The summed E-state index contributed by atoms with van der Waals surface area (Å²) in [6, 6.07) is 9.29. The second-order valence-electron chi connectivity index (χ2n) is 4.88. The Morgan fingerprint density at radius 2 is 1.84 bits per heavy atom. The molecule has 1 heterocycles. The SMILES string of the molecule is O=C1CCCC2=C1C(c1ccccc1)CS(=O)(=O)O2. The number of benzene rings is 1. The zero-order chi connectivity index (χ0) is 13.5. The van der Waals surface area contributed by atoms with Crippen LogP contribution in [0.1, 0.15) is 30.7 Å². The van der Waals surface area contributed by atoms with E-state index in [2.05, 4.69) is 0 Å². The van der Waals surface area contributed by atoms with E-state index >= 15 is 0 Å². The highest BCUT2D eigenvalue weighted by molar-refractivity contribution is 7.86. The summed E-state index contributed by atoms with van der Waals surface area (Å²) < 4.78 is 28.7. The molecule has 4 nitrogen and oxygen atoms in total. The van der Waals surface area contributed by atoms with E-state index in [1.165, 1.54) is 0 Å². The summed E-state index contributed by atoms with van der Waals surface area (Å²) in [5.41, 5.74) is 1.42. The van der Waals surface area contributed by atoms with Crippen molar-refractivity contribution in [2.24, 2.45) is 0 Å². The highest BCUT2D eigenvalue weighted by atomic mass is 32.2. The fourth-order valence-corrected chi connectivity index (χ4v) is 4.05. The number of rotatable bonds is 1. The predicted molar refractivity (Wildman–Crippen MR) is 69.9 cm³/mol. The second kappa shape index (κ2) is 4.49. The molecule has 1 atom stereocenters. The van der Waals surface area contributed by atoms with E-state index in [0.717, 1.165) is 5.56 Å². The van der Waals surface area contributed by atoms with Gasteiger partial charge in [0.05, 0.1) is 5.75 Å². The minimum absolute atomic E-state index is 0.0185. The van der Waals surface area contributed by atoms with Gasteiger partial charge in [0.2, 0.25) is 0 Å². The number of Topliss-reactive ketones (excluding diaryl/α,β-unsaturated/α-hetero) is 1. The fourth-order valence-electron chi connectivity index (χ4n) is 2.73. The monoisotopic (exact) mass is 278 g/mol. The maximum atomic E-state index is 12.1. The van der Waals surface area contributed by atoms with Crippen LogP contribution in [0.5, 0.6) is 0 Å². The number of allylic oxidation sites excluding steroid dienone is 2. The molecule has 0 spiro atoms. The molecule has 2 aliphatic rings. The predicted octanol–water partition coefficient (Wildman–Crippen LogP) is 2.14. The average Bonchev–Trinajstić information content (AvgIpc) is 2.38. The lowest BCUT2D eigenvalue weighted by Crippen LogP contribution is -2.31. The second-order valence-corrected chi connectivity index (χ2v) is 6.50. The number of hydrogen-bond donors (Lipinski definition) is 0. The third-order valence-electron chi connectivity index (χ3n) is 3.56. The van der Waals surface area contributed by atoms with Crippen molar-refractivity contribution in [2.75, 3.05) is 5.75 Å². The molecule has 3 rings (SSSR count). The van der Waals surface area contributed by atoms with Crippen LogP contribution in [0.3, 0.4) is 0 Å². The van der Waals surface area contributed by atoms with Gasteiger partial charge in [0.15, 0.2) is 5.78 Å². The van der Waals surface area contributed by atoms with Crippen molar-refractivity contribution >= 4 is 15.9 Å². The van der Waals surface area contributed by atoms with Crippen LogP contribution < -0.4 is 0 Å². The minimum atomic E-state index is -3.58. The van der Waals surface area contributed by atoms with Crippen LogP contribution in [0, 0.1) is 0 Å². The molecule has 1 aromatic carbocycles. The first-order valence-electron chi connectivity index (χ1n) is 6.30. The van der Waals surface area contributed by atoms with Gasteiger partial charge in [0.25, 0.3) is 0 Å². The Morgan fingerprint density at radius 1 is 1.11 bits per heavy atom. The normalized spacial score (nSPS) is 25.7. The van der Waals surface area contributed by atoms with Gasteiger partial charge in [-0.05, 0) is 12.0 Å². The maximum absolute atomic E-state index is 12.1. The van der Waals surface area contributed by atoms with E-state index in [4.69, 9.17) is 4.18 Å². The van der Waals surface area contributed by atoms with Crippen molar-refractivity contribution in [3.05, 3.63) is 47.2 Å². The Hall–Kier alpha value is -1.62. The van der Waals surface area contributed by atoms with Crippen LogP contribution in [0.2, 0.25) is 0 Å². The fraction of sp³-hybridized carbons (Fsp3) is 0.357. The van der Waals surface area contributed by atoms with Gasteiger partial charge in [0, 0.05) is 24.3 Å². The Balaban J connectivity index is 2.13. The lowest BCUT2D eigenvalue weighted by Gasteiger charge is -2.30. The van der Waals surface area contributed by atoms with Gasteiger partial charge in [-0.3, -0.25) is 4.79 Å². The first-order valence-corrected chi connectivity index (χ1v) is 7.88. The van der Waals surface area contributed by atoms with Crippen molar-refractivity contribution in [3.8, 4) is 0 Å². The molecular weight excluding hydrogens is 264 g/mol. The van der Waals surface area contributed by atoms with E-state index in [1.807, 2.05) is 30.3 Å². The van der Waals surface area contributed by atoms with Crippen molar-refractivity contribution in [3.63, 3.8) is 0 Å². The average molecular weight is 278 g/mol. The van der Waals surface area contributed by atoms with Gasteiger partial charge < -0.3 is 4.18 Å². The molecule has 5 heteroatoms. The molecule has 19 heavy (non-hydrogen) atoms. The minimum Gasteiger partial charge on any atom is -0.386 e. The molecule has 0 fully saturated rings. The van der Waals surface area contributed by atoms with Crippen LogP contribution in [-0.4, -0.2) is 20.0 Å². The van der Waals surface area contributed by atoms with Crippen LogP contribution in [0.4, 0.5) is 0 Å². The Bertz CT molecular complexity index is 643. The molecule has 1 aliphatic carbocycles. The molecule has 0 saturated carbocycles. The molecule has 1 aliphatic heterocycles. The van der Waals surface area contributed by atoms with Gasteiger partial charge in [-0.25, -0.2) is 0 Å². The topological polar surface area (TPSA) is 60.4 Å². The smallest absolute Gasteiger partial charge is 0.309 e. The van der Waals surface area contributed by atoms with E-state index in [1.54, 1.807) is 0 Å². The van der Waals surface area contributed by atoms with Crippen LogP contribution in [-0.2, 0) is 19.1 Å². The lowest BCUT2D eigenvalue weighted by atomic mass is 9.84. The van der Waals surface area contributed by atoms with E-state index < -0.39 is 10.1 Å². The Kier molecular flexibility index (Phi) is 2.93. The first kappa shape index (κ1) is 12.4. The quantitative estimate of drug-likeness (QED) is 0.738. The number of carbonyl (C=O) groups is 1.